The second kappa shape index (κ2) is 3.55. The molecule has 0 radical (unpaired) electrons. The Balaban J connectivity index is 3.06. The maximum absolute atomic E-state index is 12.7. The number of halogens is 2. The second-order valence-corrected chi connectivity index (χ2v) is 2.93. The predicted molar refractivity (Wildman–Crippen MR) is 45.4 cm³/mol. The van der Waals surface area contributed by atoms with E-state index < -0.39 is 5.82 Å². The Kier molecular flexibility index (Phi) is 2.67. The summed E-state index contributed by atoms with van der Waals surface area (Å²) in [7, 11) is 0. The van der Waals surface area contributed by atoms with E-state index in [4.69, 9.17) is 16.9 Å². The lowest BCUT2D eigenvalue weighted by Gasteiger charge is -2.02. The molecule has 0 aliphatic carbocycles. The van der Waals surface area contributed by atoms with Gasteiger partial charge >= 0.3 is 0 Å². The minimum atomic E-state index is -0.453. The van der Waals surface area contributed by atoms with Crippen LogP contribution in [0.15, 0.2) is 18.2 Å². The third kappa shape index (κ3) is 1.75. The van der Waals surface area contributed by atoms with Gasteiger partial charge in [0.1, 0.15) is 5.82 Å². The van der Waals surface area contributed by atoms with Crippen LogP contribution in [-0.2, 0) is 0 Å². The van der Waals surface area contributed by atoms with Gasteiger partial charge in [-0.05, 0) is 24.6 Å². The third-order valence-corrected chi connectivity index (χ3v) is 1.93. The molecule has 0 aromatic heterocycles. The van der Waals surface area contributed by atoms with Gasteiger partial charge in [0.15, 0.2) is 0 Å². The monoisotopic (exact) mass is 183 g/mol. The van der Waals surface area contributed by atoms with Crippen molar-refractivity contribution >= 4 is 11.6 Å². The van der Waals surface area contributed by atoms with Gasteiger partial charge in [0.2, 0.25) is 0 Å². The fourth-order valence-electron chi connectivity index (χ4n) is 0.856. The molecule has 0 saturated heterocycles. The summed E-state index contributed by atoms with van der Waals surface area (Å²) < 4.78 is 12.7. The van der Waals surface area contributed by atoms with Gasteiger partial charge in [0.05, 0.1) is 17.0 Å². The lowest BCUT2D eigenvalue weighted by molar-refractivity contribution is 0.627. The summed E-state index contributed by atoms with van der Waals surface area (Å²) in [5, 5.41) is 8.63. The quantitative estimate of drug-likeness (QED) is 0.656. The van der Waals surface area contributed by atoms with Gasteiger partial charge in [-0.2, -0.15) is 5.26 Å². The van der Waals surface area contributed by atoms with Crippen LogP contribution in [0, 0.1) is 17.1 Å². The summed E-state index contributed by atoms with van der Waals surface area (Å²) in [4.78, 5) is 0. The zero-order chi connectivity index (χ0) is 9.14. The molecular weight excluding hydrogens is 177 g/mol. The Hall–Kier alpha value is -1.07. The molecule has 0 amide bonds. The molecule has 0 heterocycles. The van der Waals surface area contributed by atoms with E-state index in [2.05, 4.69) is 0 Å². The Morgan fingerprint density at radius 2 is 2.25 bits per heavy atom. The molecule has 0 aliphatic rings. The van der Waals surface area contributed by atoms with Crippen molar-refractivity contribution < 1.29 is 4.39 Å². The molecule has 0 fully saturated rings. The van der Waals surface area contributed by atoms with E-state index in [9.17, 15) is 4.39 Å². The van der Waals surface area contributed by atoms with Crippen LogP contribution in [0.3, 0.4) is 0 Å². The van der Waals surface area contributed by atoms with Crippen LogP contribution in [0.5, 0.6) is 0 Å². The number of rotatable bonds is 1. The molecule has 1 nitrogen and oxygen atoms in total. The highest BCUT2D eigenvalue weighted by Crippen LogP contribution is 2.21. The summed E-state index contributed by atoms with van der Waals surface area (Å²) in [6.45, 7) is 1.74. The number of nitriles is 1. The van der Waals surface area contributed by atoms with Gasteiger partial charge in [0.25, 0.3) is 0 Å². The Labute approximate surface area is 75.4 Å². The van der Waals surface area contributed by atoms with Gasteiger partial charge in [-0.15, -0.1) is 0 Å². The normalized spacial score (nSPS) is 12.2. The van der Waals surface area contributed by atoms with E-state index in [1.54, 1.807) is 13.0 Å². The molecule has 1 atom stereocenters. The van der Waals surface area contributed by atoms with Crippen molar-refractivity contribution in [2.75, 3.05) is 0 Å². The molecule has 62 valence electrons. The van der Waals surface area contributed by atoms with E-state index in [0.29, 0.717) is 0 Å². The van der Waals surface area contributed by atoms with Gasteiger partial charge in [0, 0.05) is 0 Å². The molecule has 12 heavy (non-hydrogen) atoms. The summed E-state index contributed by atoms with van der Waals surface area (Å²) >= 11 is 5.53. The van der Waals surface area contributed by atoms with Crippen molar-refractivity contribution in [1.82, 2.24) is 0 Å². The van der Waals surface area contributed by atoms with Gasteiger partial charge in [-0.1, -0.05) is 17.7 Å². The van der Waals surface area contributed by atoms with Crippen LogP contribution < -0.4 is 0 Å². The maximum Gasteiger partial charge on any atom is 0.141 e. The Morgan fingerprint density at radius 1 is 1.58 bits per heavy atom. The van der Waals surface area contributed by atoms with Crippen LogP contribution in [0.1, 0.15) is 18.4 Å². The molecule has 0 saturated carbocycles. The van der Waals surface area contributed by atoms with Crippen LogP contribution in [0.25, 0.3) is 0 Å². The molecule has 1 aromatic carbocycles. The smallest absolute Gasteiger partial charge is 0.141 e. The van der Waals surface area contributed by atoms with Crippen LogP contribution in [0.2, 0.25) is 5.02 Å². The van der Waals surface area contributed by atoms with Crippen molar-refractivity contribution in [3.8, 4) is 6.07 Å². The topological polar surface area (TPSA) is 23.8 Å². The number of hydrogen-bond donors (Lipinski definition) is 0. The first-order valence-corrected chi connectivity index (χ1v) is 3.87. The summed E-state index contributed by atoms with van der Waals surface area (Å²) in [5.41, 5.74) is 0.740. The predicted octanol–water partition coefficient (Wildman–Crippen LogP) is 3.11. The zero-order valence-electron chi connectivity index (χ0n) is 6.51. The van der Waals surface area contributed by atoms with Crippen molar-refractivity contribution in [2.45, 2.75) is 12.8 Å². The van der Waals surface area contributed by atoms with Crippen molar-refractivity contribution in [2.24, 2.45) is 0 Å². The van der Waals surface area contributed by atoms with Crippen LogP contribution in [-0.4, -0.2) is 0 Å². The molecular formula is C9H7ClFN. The largest absolute Gasteiger partial charge is 0.205 e. The molecule has 0 spiro atoms. The third-order valence-electron chi connectivity index (χ3n) is 1.64. The van der Waals surface area contributed by atoms with Gasteiger partial charge < -0.3 is 0 Å². The highest BCUT2D eigenvalue weighted by Gasteiger charge is 2.06. The summed E-state index contributed by atoms with van der Waals surface area (Å²) in [6.07, 6.45) is 0. The van der Waals surface area contributed by atoms with E-state index in [1.165, 1.54) is 12.1 Å². The summed E-state index contributed by atoms with van der Waals surface area (Å²) in [5.74, 6) is -0.700. The molecule has 1 unspecified atom stereocenters. The fraction of sp³-hybridized carbons (Fsp3) is 0.222. The second-order valence-electron chi connectivity index (χ2n) is 2.52. The molecule has 0 bridgehead atoms. The molecule has 1 rings (SSSR count). The first-order valence-electron chi connectivity index (χ1n) is 3.49. The molecule has 1 aromatic rings. The SMILES string of the molecule is CC(C#N)c1ccc(F)c(Cl)c1. The standard InChI is InChI=1S/C9H7ClFN/c1-6(5-12)7-2-3-9(11)8(10)4-7/h2-4,6H,1H3. The van der Waals surface area contributed by atoms with Gasteiger partial charge in [-0.3, -0.25) is 0 Å². The fourth-order valence-corrected chi connectivity index (χ4v) is 1.05. The van der Waals surface area contributed by atoms with Crippen LogP contribution >= 0.6 is 11.6 Å². The van der Waals surface area contributed by atoms with E-state index in [1.807, 2.05) is 6.07 Å². The van der Waals surface area contributed by atoms with Crippen molar-refractivity contribution in [3.63, 3.8) is 0 Å². The molecule has 3 heteroatoms. The zero-order valence-corrected chi connectivity index (χ0v) is 7.27. The minimum Gasteiger partial charge on any atom is -0.205 e. The van der Waals surface area contributed by atoms with E-state index in [-0.39, 0.29) is 10.9 Å². The number of benzene rings is 1. The van der Waals surface area contributed by atoms with Crippen LogP contribution in [0.4, 0.5) is 4.39 Å². The van der Waals surface area contributed by atoms with Crippen molar-refractivity contribution in [1.29, 1.82) is 5.26 Å². The first-order chi connectivity index (χ1) is 5.65. The maximum atomic E-state index is 12.7. The van der Waals surface area contributed by atoms with Crippen molar-refractivity contribution in [3.05, 3.63) is 34.6 Å². The first kappa shape index (κ1) is 9.02. The molecule has 0 N–H and O–H groups in total. The lowest BCUT2D eigenvalue weighted by atomic mass is 10.0. The van der Waals surface area contributed by atoms with Gasteiger partial charge in [-0.25, -0.2) is 4.39 Å². The average molecular weight is 184 g/mol. The number of hydrogen-bond acceptors (Lipinski definition) is 1. The average Bonchev–Trinajstić information content (AvgIpc) is 2.08. The Bertz CT molecular complexity index is 330. The Morgan fingerprint density at radius 3 is 2.75 bits per heavy atom. The number of nitrogens with zero attached hydrogens (tertiary/aromatic N) is 1. The summed E-state index contributed by atoms with van der Waals surface area (Å²) in [6, 6.07) is 6.36. The van der Waals surface area contributed by atoms with E-state index in [0.717, 1.165) is 5.56 Å². The lowest BCUT2D eigenvalue weighted by Crippen LogP contribution is -1.89. The highest BCUT2D eigenvalue weighted by atomic mass is 35.5. The molecule has 0 aliphatic heterocycles. The minimum absolute atomic E-state index is 0.0644. The van der Waals surface area contributed by atoms with E-state index >= 15 is 0 Å². The highest BCUT2D eigenvalue weighted by molar-refractivity contribution is 6.30.